The van der Waals surface area contributed by atoms with Gasteiger partial charge in [-0.2, -0.15) is 0 Å². The first-order chi connectivity index (χ1) is 11.2. The van der Waals surface area contributed by atoms with Crippen molar-refractivity contribution in [2.24, 2.45) is 0 Å². The van der Waals surface area contributed by atoms with Gasteiger partial charge in [0.1, 0.15) is 5.75 Å². The fraction of sp³-hybridized carbons (Fsp3) is 0.632. The van der Waals surface area contributed by atoms with E-state index in [2.05, 4.69) is 10.2 Å². The molecule has 2 rings (SSSR count). The van der Waals surface area contributed by atoms with Crippen molar-refractivity contribution in [3.8, 4) is 5.75 Å². The predicted octanol–water partition coefficient (Wildman–Crippen LogP) is 3.14. The van der Waals surface area contributed by atoms with Gasteiger partial charge in [0.2, 0.25) is 0 Å². The summed E-state index contributed by atoms with van der Waals surface area (Å²) in [7, 11) is 0. The first-order valence-electron chi connectivity index (χ1n) is 8.89. The standard InChI is InChI=1S/C19H30N2O2/c1-16-10-5-6-11-18(16)23-17(2)19(22)20-12-9-15-21-13-7-3-4-8-14-21/h5-6,10-11,17H,3-4,7-9,12-15H2,1-2H3,(H,20,22)/t17-/m0/s1. The number of amides is 1. The Morgan fingerprint density at radius 3 is 2.61 bits per heavy atom. The first-order valence-corrected chi connectivity index (χ1v) is 8.89. The minimum atomic E-state index is -0.464. The minimum absolute atomic E-state index is 0.0379. The van der Waals surface area contributed by atoms with Crippen molar-refractivity contribution in [1.29, 1.82) is 0 Å². The Balaban J connectivity index is 1.65. The normalized spacial score (nSPS) is 17.3. The van der Waals surface area contributed by atoms with E-state index in [9.17, 15) is 4.79 Å². The molecule has 23 heavy (non-hydrogen) atoms. The molecule has 1 saturated heterocycles. The second-order valence-corrected chi connectivity index (χ2v) is 6.43. The van der Waals surface area contributed by atoms with Crippen LogP contribution in [0.3, 0.4) is 0 Å². The lowest BCUT2D eigenvalue weighted by Gasteiger charge is -2.20. The zero-order valence-corrected chi connectivity index (χ0v) is 14.5. The largest absolute Gasteiger partial charge is 0.481 e. The molecule has 1 heterocycles. The monoisotopic (exact) mass is 318 g/mol. The van der Waals surface area contributed by atoms with Crippen LogP contribution in [-0.2, 0) is 4.79 Å². The van der Waals surface area contributed by atoms with Crippen molar-refractivity contribution in [2.45, 2.75) is 52.1 Å². The van der Waals surface area contributed by atoms with Crippen LogP contribution in [0.1, 0.15) is 44.6 Å². The molecule has 0 aromatic heterocycles. The van der Waals surface area contributed by atoms with Crippen molar-refractivity contribution < 1.29 is 9.53 Å². The highest BCUT2D eigenvalue weighted by molar-refractivity contribution is 5.80. The highest BCUT2D eigenvalue weighted by Gasteiger charge is 2.15. The number of carbonyl (C=O) groups is 1. The molecule has 1 aliphatic heterocycles. The van der Waals surface area contributed by atoms with Crippen LogP contribution in [0.2, 0.25) is 0 Å². The van der Waals surface area contributed by atoms with E-state index in [0.717, 1.165) is 30.8 Å². The number of rotatable bonds is 7. The minimum Gasteiger partial charge on any atom is -0.481 e. The lowest BCUT2D eigenvalue weighted by Crippen LogP contribution is -2.38. The number of likely N-dealkylation sites (tertiary alicyclic amines) is 1. The number of hydrogen-bond acceptors (Lipinski definition) is 3. The number of aryl methyl sites for hydroxylation is 1. The average Bonchev–Trinajstić information content (AvgIpc) is 2.82. The van der Waals surface area contributed by atoms with Gasteiger partial charge >= 0.3 is 0 Å². The van der Waals surface area contributed by atoms with E-state index in [1.54, 1.807) is 6.92 Å². The van der Waals surface area contributed by atoms with E-state index >= 15 is 0 Å². The third-order valence-electron chi connectivity index (χ3n) is 4.42. The molecule has 1 aliphatic rings. The van der Waals surface area contributed by atoms with Crippen LogP contribution in [0.15, 0.2) is 24.3 Å². The SMILES string of the molecule is Cc1ccccc1O[C@@H](C)C(=O)NCCCN1CCCCCC1. The summed E-state index contributed by atoms with van der Waals surface area (Å²) in [6, 6.07) is 7.78. The Bertz CT molecular complexity index is 482. The summed E-state index contributed by atoms with van der Waals surface area (Å²) < 4.78 is 5.75. The zero-order valence-electron chi connectivity index (χ0n) is 14.5. The quantitative estimate of drug-likeness (QED) is 0.785. The number of carbonyl (C=O) groups excluding carboxylic acids is 1. The van der Waals surface area contributed by atoms with Crippen molar-refractivity contribution in [3.05, 3.63) is 29.8 Å². The molecular weight excluding hydrogens is 288 g/mol. The predicted molar refractivity (Wildman–Crippen MR) is 93.8 cm³/mol. The van der Waals surface area contributed by atoms with Gasteiger partial charge in [-0.1, -0.05) is 31.0 Å². The van der Waals surface area contributed by atoms with E-state index < -0.39 is 6.10 Å². The molecule has 0 bridgehead atoms. The Labute approximate surface area is 140 Å². The number of hydrogen-bond donors (Lipinski definition) is 1. The zero-order chi connectivity index (χ0) is 16.5. The van der Waals surface area contributed by atoms with E-state index in [1.807, 2.05) is 31.2 Å². The van der Waals surface area contributed by atoms with Crippen LogP contribution < -0.4 is 10.1 Å². The maximum absolute atomic E-state index is 12.1. The van der Waals surface area contributed by atoms with Gasteiger partial charge in [-0.05, 0) is 64.4 Å². The van der Waals surface area contributed by atoms with Crippen LogP contribution in [0.5, 0.6) is 5.75 Å². The molecule has 128 valence electrons. The lowest BCUT2D eigenvalue weighted by atomic mass is 10.2. The number of nitrogens with one attached hydrogen (secondary N) is 1. The molecule has 0 radical (unpaired) electrons. The Morgan fingerprint density at radius 2 is 1.91 bits per heavy atom. The summed E-state index contributed by atoms with van der Waals surface area (Å²) >= 11 is 0. The number of ether oxygens (including phenoxy) is 1. The highest BCUT2D eigenvalue weighted by Crippen LogP contribution is 2.17. The molecule has 0 unspecified atom stereocenters. The fourth-order valence-corrected chi connectivity index (χ4v) is 2.95. The summed E-state index contributed by atoms with van der Waals surface area (Å²) in [6.07, 6.45) is 5.89. The summed E-state index contributed by atoms with van der Waals surface area (Å²) in [4.78, 5) is 14.6. The lowest BCUT2D eigenvalue weighted by molar-refractivity contribution is -0.127. The maximum Gasteiger partial charge on any atom is 0.260 e. The van der Waals surface area contributed by atoms with Gasteiger partial charge in [0.05, 0.1) is 0 Å². The molecule has 1 amide bonds. The van der Waals surface area contributed by atoms with Gasteiger partial charge in [-0.15, -0.1) is 0 Å². The third kappa shape index (κ3) is 6.22. The van der Waals surface area contributed by atoms with E-state index in [4.69, 9.17) is 4.74 Å². The van der Waals surface area contributed by atoms with Gasteiger partial charge < -0.3 is 15.0 Å². The van der Waals surface area contributed by atoms with Gasteiger partial charge in [0.15, 0.2) is 6.10 Å². The molecule has 1 fully saturated rings. The third-order valence-corrected chi connectivity index (χ3v) is 4.42. The molecule has 0 aliphatic carbocycles. The summed E-state index contributed by atoms with van der Waals surface area (Å²) in [6.45, 7) is 8.00. The Morgan fingerprint density at radius 1 is 1.22 bits per heavy atom. The van der Waals surface area contributed by atoms with Gasteiger partial charge in [-0.3, -0.25) is 4.79 Å². The average molecular weight is 318 g/mol. The van der Waals surface area contributed by atoms with Crippen LogP contribution in [0.25, 0.3) is 0 Å². The first kappa shape index (κ1) is 17.8. The topological polar surface area (TPSA) is 41.6 Å². The van der Waals surface area contributed by atoms with Gasteiger partial charge in [0.25, 0.3) is 5.91 Å². The Hall–Kier alpha value is -1.55. The second kappa shape index (κ2) is 9.56. The van der Waals surface area contributed by atoms with E-state index in [-0.39, 0.29) is 5.91 Å². The maximum atomic E-state index is 12.1. The van der Waals surface area contributed by atoms with Crippen LogP contribution >= 0.6 is 0 Å². The number of nitrogens with zero attached hydrogens (tertiary/aromatic N) is 1. The summed E-state index contributed by atoms with van der Waals surface area (Å²) in [5.74, 6) is 0.740. The van der Waals surface area contributed by atoms with Crippen molar-refractivity contribution in [1.82, 2.24) is 10.2 Å². The summed E-state index contributed by atoms with van der Waals surface area (Å²) in [5.41, 5.74) is 1.05. The van der Waals surface area contributed by atoms with Crippen LogP contribution in [0, 0.1) is 6.92 Å². The van der Waals surface area contributed by atoms with Crippen molar-refractivity contribution in [2.75, 3.05) is 26.2 Å². The molecule has 1 aromatic carbocycles. The van der Waals surface area contributed by atoms with Crippen molar-refractivity contribution in [3.63, 3.8) is 0 Å². The molecule has 4 nitrogen and oxygen atoms in total. The molecular formula is C19H30N2O2. The number of benzene rings is 1. The van der Waals surface area contributed by atoms with Gasteiger partial charge in [0, 0.05) is 6.54 Å². The Kier molecular flexibility index (Phi) is 7.40. The van der Waals surface area contributed by atoms with Crippen LogP contribution in [-0.4, -0.2) is 43.1 Å². The van der Waals surface area contributed by atoms with Crippen molar-refractivity contribution >= 4 is 5.91 Å². The number of para-hydroxylation sites is 1. The molecule has 0 saturated carbocycles. The molecule has 0 spiro atoms. The van der Waals surface area contributed by atoms with Crippen LogP contribution in [0.4, 0.5) is 0 Å². The molecule has 1 aromatic rings. The van der Waals surface area contributed by atoms with E-state index in [0.29, 0.717) is 0 Å². The summed E-state index contributed by atoms with van der Waals surface area (Å²) in [5, 5.41) is 2.99. The van der Waals surface area contributed by atoms with Gasteiger partial charge in [-0.25, -0.2) is 0 Å². The fourth-order valence-electron chi connectivity index (χ4n) is 2.95. The molecule has 1 atom stereocenters. The second-order valence-electron chi connectivity index (χ2n) is 6.43. The molecule has 4 heteroatoms. The highest BCUT2D eigenvalue weighted by atomic mass is 16.5. The molecule has 1 N–H and O–H groups in total. The van der Waals surface area contributed by atoms with E-state index in [1.165, 1.54) is 38.8 Å². The smallest absolute Gasteiger partial charge is 0.260 e.